The summed E-state index contributed by atoms with van der Waals surface area (Å²) < 4.78 is 7.47. The van der Waals surface area contributed by atoms with Crippen molar-refractivity contribution >= 4 is 17.6 Å². The fraction of sp³-hybridized carbons (Fsp3) is 0.438. The summed E-state index contributed by atoms with van der Waals surface area (Å²) in [5.74, 6) is 0.578. The molecule has 128 valence electrons. The van der Waals surface area contributed by atoms with Crippen molar-refractivity contribution in [3.63, 3.8) is 0 Å². The third kappa shape index (κ3) is 3.68. The summed E-state index contributed by atoms with van der Waals surface area (Å²) in [5.41, 5.74) is 0.898. The molecule has 1 aromatic heterocycles. The summed E-state index contributed by atoms with van der Waals surface area (Å²) >= 11 is 6.25. The molecule has 1 saturated heterocycles. The van der Waals surface area contributed by atoms with Crippen molar-refractivity contribution < 1.29 is 9.53 Å². The lowest BCUT2D eigenvalue weighted by molar-refractivity contribution is -0.0427. The maximum absolute atomic E-state index is 12.5. The van der Waals surface area contributed by atoms with Crippen LogP contribution in [-0.2, 0) is 18.3 Å². The number of ether oxygens (including phenoxy) is 1. The minimum absolute atomic E-state index is 0.0135. The maximum atomic E-state index is 12.5. The lowest BCUT2D eigenvalue weighted by atomic mass is 10.1. The second-order valence-electron chi connectivity index (χ2n) is 5.84. The van der Waals surface area contributed by atoms with Gasteiger partial charge in [0.15, 0.2) is 5.82 Å². The Morgan fingerprint density at radius 2 is 2.25 bits per heavy atom. The van der Waals surface area contributed by atoms with Gasteiger partial charge in [-0.25, -0.2) is 9.78 Å². The summed E-state index contributed by atoms with van der Waals surface area (Å²) in [5, 5.41) is 7.66. The van der Waals surface area contributed by atoms with Gasteiger partial charge in [0.25, 0.3) is 0 Å². The van der Waals surface area contributed by atoms with E-state index in [2.05, 4.69) is 15.4 Å². The molecule has 3 rings (SSSR count). The Hall–Kier alpha value is -2.12. The van der Waals surface area contributed by atoms with E-state index in [-0.39, 0.29) is 18.2 Å². The third-order valence-electron chi connectivity index (χ3n) is 3.99. The number of halogens is 1. The van der Waals surface area contributed by atoms with Crippen molar-refractivity contribution in [2.24, 2.45) is 7.05 Å². The van der Waals surface area contributed by atoms with E-state index in [0.717, 1.165) is 5.56 Å². The number of nitrogens with one attached hydrogen (secondary N) is 1. The molecule has 0 unspecified atom stereocenters. The van der Waals surface area contributed by atoms with Crippen LogP contribution in [0.3, 0.4) is 0 Å². The van der Waals surface area contributed by atoms with Crippen LogP contribution in [0.1, 0.15) is 24.4 Å². The molecular weight excluding hydrogens is 330 g/mol. The summed E-state index contributed by atoms with van der Waals surface area (Å²) in [7, 11) is 1.79. The number of aryl methyl sites for hydroxylation is 1. The van der Waals surface area contributed by atoms with Crippen molar-refractivity contribution in [2.75, 3.05) is 13.2 Å². The molecule has 0 radical (unpaired) electrons. The molecule has 2 amide bonds. The average Bonchev–Trinajstić information content (AvgIpc) is 2.99. The molecule has 0 spiro atoms. The van der Waals surface area contributed by atoms with Gasteiger partial charge in [0.1, 0.15) is 12.4 Å². The van der Waals surface area contributed by atoms with Crippen LogP contribution < -0.4 is 5.32 Å². The smallest absolute Gasteiger partial charge is 0.318 e. The highest BCUT2D eigenvalue weighted by molar-refractivity contribution is 6.31. The fourth-order valence-corrected chi connectivity index (χ4v) is 2.94. The zero-order chi connectivity index (χ0) is 17.1. The van der Waals surface area contributed by atoms with E-state index in [1.165, 1.54) is 0 Å². The van der Waals surface area contributed by atoms with Crippen LogP contribution in [0.5, 0.6) is 0 Å². The molecule has 0 bridgehead atoms. The van der Waals surface area contributed by atoms with E-state index < -0.39 is 0 Å². The third-order valence-corrected chi connectivity index (χ3v) is 4.34. The van der Waals surface area contributed by atoms with Crippen LogP contribution in [0, 0.1) is 0 Å². The first kappa shape index (κ1) is 16.7. The second-order valence-corrected chi connectivity index (χ2v) is 6.25. The van der Waals surface area contributed by atoms with Crippen molar-refractivity contribution in [3.05, 3.63) is 47.0 Å². The van der Waals surface area contributed by atoms with E-state index in [1.807, 2.05) is 31.2 Å². The van der Waals surface area contributed by atoms with E-state index >= 15 is 0 Å². The minimum Gasteiger partial charge on any atom is -0.369 e. The number of aromatic nitrogens is 3. The molecule has 2 atom stereocenters. The van der Waals surface area contributed by atoms with Gasteiger partial charge < -0.3 is 15.0 Å². The van der Waals surface area contributed by atoms with Crippen LogP contribution in [-0.4, -0.2) is 44.9 Å². The molecule has 0 aliphatic carbocycles. The molecule has 1 aromatic carbocycles. The van der Waals surface area contributed by atoms with Gasteiger partial charge in [-0.3, -0.25) is 4.68 Å². The van der Waals surface area contributed by atoms with Gasteiger partial charge in [-0.15, -0.1) is 0 Å². The molecule has 7 nitrogen and oxygen atoms in total. The first-order chi connectivity index (χ1) is 11.5. The SMILES string of the molecule is C[C@H]1CO[C@@H](c2ccccc2Cl)CN1C(=O)NCc1ncn(C)n1. The zero-order valence-electron chi connectivity index (χ0n) is 13.6. The average molecular weight is 350 g/mol. The van der Waals surface area contributed by atoms with Gasteiger partial charge >= 0.3 is 6.03 Å². The molecule has 1 N–H and O–H groups in total. The molecule has 1 aliphatic rings. The Balaban J connectivity index is 1.65. The Labute approximate surface area is 145 Å². The van der Waals surface area contributed by atoms with Crippen molar-refractivity contribution in [3.8, 4) is 0 Å². The lowest BCUT2D eigenvalue weighted by Crippen LogP contribution is -2.52. The Morgan fingerprint density at radius 3 is 2.96 bits per heavy atom. The quantitative estimate of drug-likeness (QED) is 0.921. The van der Waals surface area contributed by atoms with Crippen LogP contribution in [0.15, 0.2) is 30.6 Å². The van der Waals surface area contributed by atoms with Crippen molar-refractivity contribution in [2.45, 2.75) is 25.6 Å². The number of amides is 2. The van der Waals surface area contributed by atoms with E-state index in [9.17, 15) is 4.79 Å². The highest BCUT2D eigenvalue weighted by Gasteiger charge is 2.31. The lowest BCUT2D eigenvalue weighted by Gasteiger charge is -2.38. The minimum atomic E-state index is -0.228. The van der Waals surface area contributed by atoms with Gasteiger partial charge in [-0.05, 0) is 13.0 Å². The number of rotatable bonds is 3. The van der Waals surface area contributed by atoms with Crippen LogP contribution in [0.4, 0.5) is 4.79 Å². The van der Waals surface area contributed by atoms with Crippen molar-refractivity contribution in [1.82, 2.24) is 25.0 Å². The molecule has 1 fully saturated rings. The van der Waals surface area contributed by atoms with Gasteiger partial charge in [-0.1, -0.05) is 29.8 Å². The number of morpholine rings is 1. The van der Waals surface area contributed by atoms with E-state index in [4.69, 9.17) is 16.3 Å². The summed E-state index contributed by atoms with van der Waals surface area (Å²) in [6, 6.07) is 7.38. The highest BCUT2D eigenvalue weighted by atomic mass is 35.5. The number of carbonyl (C=O) groups is 1. The number of hydrogen-bond donors (Lipinski definition) is 1. The van der Waals surface area contributed by atoms with E-state index in [1.54, 1.807) is 23.0 Å². The number of benzene rings is 1. The Kier molecular flexibility index (Phi) is 5.01. The van der Waals surface area contributed by atoms with Gasteiger partial charge in [0.2, 0.25) is 0 Å². The number of carbonyl (C=O) groups excluding carboxylic acids is 1. The largest absolute Gasteiger partial charge is 0.369 e. The molecule has 2 aromatic rings. The van der Waals surface area contributed by atoms with Crippen LogP contribution in [0.2, 0.25) is 5.02 Å². The van der Waals surface area contributed by atoms with Gasteiger partial charge in [0.05, 0.1) is 25.7 Å². The molecule has 2 heterocycles. The van der Waals surface area contributed by atoms with E-state index in [0.29, 0.717) is 30.5 Å². The Bertz CT molecular complexity index is 720. The standard InChI is InChI=1S/C16H20ClN5O2/c1-11-9-24-14(12-5-3-4-6-13(12)17)8-22(11)16(23)18-7-15-19-10-21(2)20-15/h3-6,10-11,14H,7-9H2,1-2H3,(H,18,23)/t11-,14+/m0/s1. The summed E-state index contributed by atoms with van der Waals surface area (Å²) in [4.78, 5) is 18.4. The summed E-state index contributed by atoms with van der Waals surface area (Å²) in [6.07, 6.45) is 1.38. The maximum Gasteiger partial charge on any atom is 0.318 e. The normalized spacial score (nSPS) is 20.9. The molecule has 0 saturated carbocycles. The predicted molar refractivity (Wildman–Crippen MR) is 89.6 cm³/mol. The van der Waals surface area contributed by atoms with Crippen molar-refractivity contribution in [1.29, 1.82) is 0 Å². The zero-order valence-corrected chi connectivity index (χ0v) is 14.4. The highest BCUT2D eigenvalue weighted by Crippen LogP contribution is 2.29. The molecule has 24 heavy (non-hydrogen) atoms. The monoisotopic (exact) mass is 349 g/mol. The van der Waals surface area contributed by atoms with Crippen LogP contribution >= 0.6 is 11.6 Å². The molecular formula is C16H20ClN5O2. The first-order valence-electron chi connectivity index (χ1n) is 7.79. The second kappa shape index (κ2) is 7.19. The van der Waals surface area contributed by atoms with Gasteiger partial charge in [0, 0.05) is 17.6 Å². The molecule has 1 aliphatic heterocycles. The Morgan fingerprint density at radius 1 is 1.46 bits per heavy atom. The predicted octanol–water partition coefficient (Wildman–Crippen LogP) is 2.14. The first-order valence-corrected chi connectivity index (χ1v) is 8.17. The summed E-state index contributed by atoms with van der Waals surface area (Å²) in [6.45, 7) is 3.17. The van der Waals surface area contributed by atoms with Crippen LogP contribution in [0.25, 0.3) is 0 Å². The molecule has 8 heteroatoms. The number of nitrogens with zero attached hydrogens (tertiary/aromatic N) is 4. The van der Waals surface area contributed by atoms with Gasteiger partial charge in [-0.2, -0.15) is 5.10 Å². The number of urea groups is 1. The number of hydrogen-bond acceptors (Lipinski definition) is 4. The topological polar surface area (TPSA) is 72.3 Å². The fourth-order valence-electron chi connectivity index (χ4n) is 2.69.